The molecule has 62 heavy (non-hydrogen) atoms. The minimum atomic E-state index is -4.81. The van der Waals surface area contributed by atoms with Gasteiger partial charge in [-0.05, 0) is 88.0 Å². The van der Waals surface area contributed by atoms with Gasteiger partial charge in [0.1, 0.15) is 0 Å². The van der Waals surface area contributed by atoms with Crippen LogP contribution in [0.4, 0.5) is 32.0 Å². The van der Waals surface area contributed by atoms with Crippen molar-refractivity contribution in [3.8, 4) is 50.8 Å². The SMILES string of the molecule is [C-]#[N+]c1ccccc1-c1ccc2c3ccccc3n(-c3cc(-c4ccc(C(F)(F)F)c(-n5c6ccccc6c6ccc(-c7ccccc7C#N)cc65)c4)ccc3C(F)(F)F)c2c1. The fourth-order valence-electron chi connectivity index (χ4n) is 8.71. The molecule has 0 spiro atoms. The largest absolute Gasteiger partial charge is 0.418 e. The maximum atomic E-state index is 15.2. The Morgan fingerprint density at radius 3 is 1.35 bits per heavy atom. The predicted molar refractivity (Wildman–Crippen MR) is 232 cm³/mol. The van der Waals surface area contributed by atoms with E-state index in [-0.39, 0.29) is 22.5 Å². The van der Waals surface area contributed by atoms with E-state index in [1.165, 1.54) is 28.8 Å². The lowest BCUT2D eigenvalue weighted by molar-refractivity contribution is -0.138. The van der Waals surface area contributed by atoms with Gasteiger partial charge in [0.05, 0.1) is 62.8 Å². The van der Waals surface area contributed by atoms with E-state index in [1.807, 2.05) is 36.4 Å². The third-order valence-corrected chi connectivity index (χ3v) is 11.5. The zero-order chi connectivity index (χ0) is 42.9. The first-order valence-electron chi connectivity index (χ1n) is 19.4. The Morgan fingerprint density at radius 2 is 0.855 bits per heavy atom. The molecule has 10 heteroatoms. The third kappa shape index (κ3) is 6.15. The van der Waals surface area contributed by atoms with Crippen molar-refractivity contribution in [2.75, 3.05) is 0 Å². The summed E-state index contributed by atoms with van der Waals surface area (Å²) in [6, 6.07) is 48.5. The number of hydrogen-bond acceptors (Lipinski definition) is 1. The highest BCUT2D eigenvalue weighted by molar-refractivity contribution is 6.12. The van der Waals surface area contributed by atoms with E-state index in [0.717, 1.165) is 12.1 Å². The zero-order valence-corrected chi connectivity index (χ0v) is 32.2. The number of aromatic nitrogens is 2. The monoisotopic (exact) mass is 822 g/mol. The number of fused-ring (bicyclic) bond motifs is 6. The van der Waals surface area contributed by atoms with Crippen LogP contribution in [0.3, 0.4) is 0 Å². The van der Waals surface area contributed by atoms with E-state index in [9.17, 15) is 5.26 Å². The second-order valence-electron chi connectivity index (χ2n) is 14.9. The normalized spacial score (nSPS) is 12.0. The Labute approximate surface area is 350 Å². The van der Waals surface area contributed by atoms with Crippen LogP contribution in [0.2, 0.25) is 0 Å². The number of alkyl halides is 6. The van der Waals surface area contributed by atoms with E-state index < -0.39 is 23.5 Å². The van der Waals surface area contributed by atoms with E-state index in [4.69, 9.17) is 6.57 Å². The number of hydrogen-bond donors (Lipinski definition) is 0. The Hall–Kier alpha value is -8.08. The van der Waals surface area contributed by atoms with Gasteiger partial charge in [0, 0.05) is 21.5 Å². The Kier molecular flexibility index (Phi) is 8.79. The van der Waals surface area contributed by atoms with Gasteiger partial charge < -0.3 is 9.13 Å². The zero-order valence-electron chi connectivity index (χ0n) is 32.2. The molecule has 298 valence electrons. The minimum Gasteiger partial charge on any atom is -0.309 e. The smallest absolute Gasteiger partial charge is 0.309 e. The van der Waals surface area contributed by atoms with Crippen molar-refractivity contribution in [3.05, 3.63) is 198 Å². The molecule has 2 heterocycles. The molecule has 0 N–H and O–H groups in total. The van der Waals surface area contributed by atoms with Gasteiger partial charge in [0.2, 0.25) is 0 Å². The van der Waals surface area contributed by atoms with Gasteiger partial charge in [-0.2, -0.15) is 31.6 Å². The van der Waals surface area contributed by atoms with E-state index >= 15 is 26.3 Å². The molecule has 0 atom stereocenters. The molecule has 0 amide bonds. The van der Waals surface area contributed by atoms with Gasteiger partial charge in [-0.3, -0.25) is 0 Å². The summed E-state index contributed by atoms with van der Waals surface area (Å²) in [5.74, 6) is 0. The summed E-state index contributed by atoms with van der Waals surface area (Å²) in [5, 5.41) is 12.6. The number of para-hydroxylation sites is 3. The quantitative estimate of drug-likeness (QED) is 0.126. The van der Waals surface area contributed by atoms with Crippen molar-refractivity contribution in [3.63, 3.8) is 0 Å². The molecule has 8 aromatic carbocycles. The van der Waals surface area contributed by atoms with Crippen LogP contribution in [0.25, 0.3) is 93.2 Å². The van der Waals surface area contributed by atoms with Crippen LogP contribution in [-0.4, -0.2) is 9.13 Å². The Morgan fingerprint density at radius 1 is 0.435 bits per heavy atom. The second kappa shape index (κ2) is 14.3. The van der Waals surface area contributed by atoms with E-state index in [2.05, 4.69) is 10.9 Å². The molecule has 0 unspecified atom stereocenters. The first kappa shape index (κ1) is 38.1. The van der Waals surface area contributed by atoms with Crippen molar-refractivity contribution < 1.29 is 26.3 Å². The fraction of sp³-hybridized carbons (Fsp3) is 0.0385. The third-order valence-electron chi connectivity index (χ3n) is 11.5. The van der Waals surface area contributed by atoms with Gasteiger partial charge in [0.25, 0.3) is 0 Å². The molecule has 10 rings (SSSR count). The summed E-state index contributed by atoms with van der Waals surface area (Å²) in [5.41, 5.74) is 3.39. The molecule has 0 saturated carbocycles. The Bertz CT molecular complexity index is 3300. The average molecular weight is 823 g/mol. The topological polar surface area (TPSA) is 38.0 Å². The van der Waals surface area contributed by atoms with Crippen LogP contribution < -0.4 is 0 Å². The second-order valence-corrected chi connectivity index (χ2v) is 14.9. The predicted octanol–water partition coefficient (Wildman–Crippen LogP) is 15.3. The lowest BCUT2D eigenvalue weighted by Gasteiger charge is -2.20. The summed E-state index contributed by atoms with van der Waals surface area (Å²) in [7, 11) is 0. The summed E-state index contributed by atoms with van der Waals surface area (Å²) >= 11 is 0. The van der Waals surface area contributed by atoms with Crippen molar-refractivity contribution in [2.24, 2.45) is 0 Å². The maximum Gasteiger partial charge on any atom is 0.418 e. The molecular formula is C52H28F6N4. The number of benzene rings is 8. The first-order chi connectivity index (χ1) is 29.9. The van der Waals surface area contributed by atoms with Crippen molar-refractivity contribution in [1.29, 1.82) is 5.26 Å². The lowest BCUT2D eigenvalue weighted by atomic mass is 9.98. The van der Waals surface area contributed by atoms with E-state index in [1.54, 1.807) is 102 Å². The summed E-state index contributed by atoms with van der Waals surface area (Å²) < 4.78 is 94.0. The highest BCUT2D eigenvalue weighted by Crippen LogP contribution is 2.45. The highest BCUT2D eigenvalue weighted by Gasteiger charge is 2.37. The molecule has 10 aromatic rings. The number of halogens is 6. The average Bonchev–Trinajstić information content (AvgIpc) is 3.80. The van der Waals surface area contributed by atoms with Gasteiger partial charge in [-0.15, -0.1) is 0 Å². The van der Waals surface area contributed by atoms with Gasteiger partial charge in [0.15, 0.2) is 5.69 Å². The Balaban J connectivity index is 1.23. The van der Waals surface area contributed by atoms with Crippen LogP contribution in [0.1, 0.15) is 16.7 Å². The molecule has 0 bridgehead atoms. The molecule has 0 saturated heterocycles. The number of rotatable bonds is 5. The van der Waals surface area contributed by atoms with Crippen molar-refractivity contribution in [1.82, 2.24) is 9.13 Å². The molecule has 0 aliphatic carbocycles. The number of nitriles is 1. The molecule has 0 aliphatic heterocycles. The van der Waals surface area contributed by atoms with Gasteiger partial charge in [-0.25, -0.2) is 4.85 Å². The summed E-state index contributed by atoms with van der Waals surface area (Å²) in [4.78, 5) is 3.66. The molecule has 4 nitrogen and oxygen atoms in total. The summed E-state index contributed by atoms with van der Waals surface area (Å²) in [6.07, 6.45) is -9.62. The molecular weight excluding hydrogens is 795 g/mol. The molecule has 0 fully saturated rings. The molecule has 0 radical (unpaired) electrons. The maximum absolute atomic E-state index is 15.2. The van der Waals surface area contributed by atoms with Crippen molar-refractivity contribution >= 4 is 49.3 Å². The molecule has 2 aromatic heterocycles. The van der Waals surface area contributed by atoms with Crippen LogP contribution in [0.15, 0.2) is 170 Å². The minimum absolute atomic E-state index is 0.212. The highest BCUT2D eigenvalue weighted by atomic mass is 19.4. The first-order valence-corrected chi connectivity index (χ1v) is 19.4. The standard InChI is InChI=1S/C52H28F6N4/c1-60-44-15-7-4-12-37(44)34-19-23-41-39-14-6-9-17-46(39)62(48(41)29-34)50-27-32(21-25-43(50)52(56,57)58)31-20-24-42(51(53,54)55)49(26-31)61-45-16-8-5-13-38(45)40-22-18-33(28-47(40)61)36-11-3-2-10-35(36)30-59/h2-29H. The fourth-order valence-corrected chi connectivity index (χ4v) is 8.71. The van der Waals surface area contributed by atoms with Crippen LogP contribution in [0.5, 0.6) is 0 Å². The van der Waals surface area contributed by atoms with Crippen LogP contribution in [0, 0.1) is 17.9 Å². The number of nitrogens with zero attached hydrogens (tertiary/aromatic N) is 4. The molecule has 0 aliphatic rings. The van der Waals surface area contributed by atoms with Gasteiger partial charge >= 0.3 is 12.4 Å². The van der Waals surface area contributed by atoms with Crippen LogP contribution >= 0.6 is 0 Å². The van der Waals surface area contributed by atoms with E-state index in [0.29, 0.717) is 77.1 Å². The van der Waals surface area contributed by atoms with Crippen molar-refractivity contribution in [2.45, 2.75) is 12.4 Å². The lowest BCUT2D eigenvalue weighted by Crippen LogP contribution is -2.12. The summed E-state index contributed by atoms with van der Waals surface area (Å²) in [6.45, 7) is 7.73. The van der Waals surface area contributed by atoms with Gasteiger partial charge in [-0.1, -0.05) is 115 Å². The van der Waals surface area contributed by atoms with Crippen LogP contribution in [-0.2, 0) is 12.4 Å².